The van der Waals surface area contributed by atoms with Gasteiger partial charge in [0.15, 0.2) is 0 Å². The first kappa shape index (κ1) is 16.8. The van der Waals surface area contributed by atoms with Gasteiger partial charge in [0.05, 0.1) is 7.11 Å². The first-order valence-corrected chi connectivity index (χ1v) is 8.63. The van der Waals surface area contributed by atoms with Gasteiger partial charge in [-0.1, -0.05) is 54.6 Å². The van der Waals surface area contributed by atoms with E-state index < -0.39 is 0 Å². The third-order valence-corrected chi connectivity index (χ3v) is 4.21. The maximum atomic E-state index is 5.74. The second-order valence-corrected chi connectivity index (χ2v) is 6.00. The lowest BCUT2D eigenvalue weighted by atomic mass is 10.0. The SMILES string of the molecule is COc1ccc(-c2ccc(-c3nnc(C=Cc4ccccc4)o3)cc2)cc1. The van der Waals surface area contributed by atoms with Gasteiger partial charge in [-0.3, -0.25) is 0 Å². The van der Waals surface area contributed by atoms with Crippen molar-refractivity contribution in [2.45, 2.75) is 0 Å². The summed E-state index contributed by atoms with van der Waals surface area (Å²) < 4.78 is 10.9. The Hall–Kier alpha value is -3.66. The highest BCUT2D eigenvalue weighted by Gasteiger charge is 2.07. The van der Waals surface area contributed by atoms with E-state index in [-0.39, 0.29) is 0 Å². The molecule has 0 N–H and O–H groups in total. The molecule has 0 saturated carbocycles. The van der Waals surface area contributed by atoms with Crippen LogP contribution < -0.4 is 4.74 Å². The van der Waals surface area contributed by atoms with Crippen molar-refractivity contribution in [2.24, 2.45) is 0 Å². The summed E-state index contributed by atoms with van der Waals surface area (Å²) in [6, 6.07) is 26.0. The summed E-state index contributed by atoms with van der Waals surface area (Å²) >= 11 is 0. The summed E-state index contributed by atoms with van der Waals surface area (Å²) in [5.74, 6) is 1.83. The molecular formula is C23H18N2O2. The Morgan fingerprint density at radius 1 is 0.704 bits per heavy atom. The molecule has 0 aliphatic carbocycles. The minimum Gasteiger partial charge on any atom is -0.497 e. The molecule has 4 heteroatoms. The molecule has 27 heavy (non-hydrogen) atoms. The van der Waals surface area contributed by atoms with E-state index in [0.29, 0.717) is 11.8 Å². The third-order valence-electron chi connectivity index (χ3n) is 4.21. The first-order valence-electron chi connectivity index (χ1n) is 8.63. The summed E-state index contributed by atoms with van der Waals surface area (Å²) in [5.41, 5.74) is 4.21. The van der Waals surface area contributed by atoms with Crippen LogP contribution in [-0.4, -0.2) is 17.3 Å². The van der Waals surface area contributed by atoms with Crippen LogP contribution in [0.4, 0.5) is 0 Å². The Morgan fingerprint density at radius 2 is 1.33 bits per heavy atom. The second-order valence-electron chi connectivity index (χ2n) is 6.00. The van der Waals surface area contributed by atoms with E-state index in [1.54, 1.807) is 7.11 Å². The van der Waals surface area contributed by atoms with Crippen LogP contribution in [0.15, 0.2) is 83.3 Å². The molecule has 132 valence electrons. The number of hydrogen-bond donors (Lipinski definition) is 0. The standard InChI is InChI=1S/C23H18N2O2/c1-26-21-14-12-19(13-15-21)18-8-10-20(11-9-18)23-25-24-22(27-23)16-7-17-5-3-2-4-6-17/h2-16H,1H3. The lowest BCUT2D eigenvalue weighted by molar-refractivity contribution is 0.415. The lowest BCUT2D eigenvalue weighted by Gasteiger charge is -2.04. The number of aromatic nitrogens is 2. The Kier molecular flexibility index (Phi) is 4.79. The van der Waals surface area contributed by atoms with Crippen LogP contribution in [0.1, 0.15) is 11.5 Å². The first-order chi connectivity index (χ1) is 13.3. The van der Waals surface area contributed by atoms with E-state index >= 15 is 0 Å². The van der Waals surface area contributed by atoms with Crippen molar-refractivity contribution in [3.63, 3.8) is 0 Å². The number of hydrogen-bond acceptors (Lipinski definition) is 4. The zero-order chi connectivity index (χ0) is 18.5. The molecule has 0 atom stereocenters. The van der Waals surface area contributed by atoms with Crippen LogP contribution in [-0.2, 0) is 0 Å². The molecule has 1 aromatic heterocycles. The molecule has 0 aliphatic rings. The molecular weight excluding hydrogens is 336 g/mol. The van der Waals surface area contributed by atoms with E-state index in [4.69, 9.17) is 9.15 Å². The maximum Gasteiger partial charge on any atom is 0.248 e. The highest BCUT2D eigenvalue weighted by Crippen LogP contribution is 2.26. The van der Waals surface area contributed by atoms with Crippen LogP contribution in [0, 0.1) is 0 Å². The zero-order valence-electron chi connectivity index (χ0n) is 14.9. The van der Waals surface area contributed by atoms with Crippen molar-refractivity contribution in [2.75, 3.05) is 7.11 Å². The van der Waals surface area contributed by atoms with Crippen LogP contribution in [0.3, 0.4) is 0 Å². The number of ether oxygens (including phenoxy) is 1. The summed E-state index contributed by atoms with van der Waals surface area (Å²) in [6.07, 6.45) is 3.77. The van der Waals surface area contributed by atoms with Crippen molar-refractivity contribution in [3.8, 4) is 28.3 Å². The van der Waals surface area contributed by atoms with Gasteiger partial charge in [-0.25, -0.2) is 0 Å². The highest BCUT2D eigenvalue weighted by atomic mass is 16.5. The van der Waals surface area contributed by atoms with Gasteiger partial charge in [0.2, 0.25) is 11.8 Å². The van der Waals surface area contributed by atoms with Crippen molar-refractivity contribution in [1.82, 2.24) is 10.2 Å². The van der Waals surface area contributed by atoms with Crippen molar-refractivity contribution < 1.29 is 9.15 Å². The van der Waals surface area contributed by atoms with Gasteiger partial charge in [0.1, 0.15) is 5.75 Å². The van der Waals surface area contributed by atoms with Gasteiger partial charge in [0.25, 0.3) is 0 Å². The maximum absolute atomic E-state index is 5.74. The van der Waals surface area contributed by atoms with Gasteiger partial charge < -0.3 is 9.15 Å². The molecule has 0 radical (unpaired) electrons. The van der Waals surface area contributed by atoms with Crippen LogP contribution >= 0.6 is 0 Å². The van der Waals surface area contributed by atoms with Gasteiger partial charge >= 0.3 is 0 Å². The predicted molar refractivity (Wildman–Crippen MR) is 107 cm³/mol. The topological polar surface area (TPSA) is 48.2 Å². The van der Waals surface area contributed by atoms with E-state index in [9.17, 15) is 0 Å². The van der Waals surface area contributed by atoms with Gasteiger partial charge in [-0.2, -0.15) is 0 Å². The summed E-state index contributed by atoms with van der Waals surface area (Å²) in [7, 11) is 1.66. The summed E-state index contributed by atoms with van der Waals surface area (Å²) in [4.78, 5) is 0. The average Bonchev–Trinajstić information content (AvgIpc) is 3.22. The molecule has 0 spiro atoms. The third kappa shape index (κ3) is 3.96. The fourth-order valence-corrected chi connectivity index (χ4v) is 2.74. The number of methoxy groups -OCH3 is 1. The number of benzene rings is 3. The highest BCUT2D eigenvalue weighted by molar-refractivity contribution is 5.69. The molecule has 0 amide bonds. The Bertz CT molecular complexity index is 1030. The molecule has 4 rings (SSSR count). The Balaban J connectivity index is 1.50. The van der Waals surface area contributed by atoms with E-state index in [1.165, 1.54) is 0 Å². The van der Waals surface area contributed by atoms with E-state index in [0.717, 1.165) is 28.0 Å². The molecule has 4 aromatic rings. The Labute approximate surface area is 157 Å². The van der Waals surface area contributed by atoms with Gasteiger partial charge in [-0.15, -0.1) is 10.2 Å². The minimum absolute atomic E-state index is 0.480. The molecule has 3 aromatic carbocycles. The molecule has 4 nitrogen and oxygen atoms in total. The zero-order valence-corrected chi connectivity index (χ0v) is 14.9. The van der Waals surface area contributed by atoms with Gasteiger partial charge in [-0.05, 0) is 47.0 Å². The summed E-state index contributed by atoms with van der Waals surface area (Å²) in [6.45, 7) is 0. The number of rotatable bonds is 5. The smallest absolute Gasteiger partial charge is 0.248 e. The largest absolute Gasteiger partial charge is 0.497 e. The van der Waals surface area contributed by atoms with E-state index in [2.05, 4.69) is 10.2 Å². The van der Waals surface area contributed by atoms with Gasteiger partial charge in [0, 0.05) is 11.6 Å². The fraction of sp³-hybridized carbons (Fsp3) is 0.0435. The molecule has 0 unspecified atom stereocenters. The fourth-order valence-electron chi connectivity index (χ4n) is 2.74. The predicted octanol–water partition coefficient (Wildman–Crippen LogP) is 5.58. The quantitative estimate of drug-likeness (QED) is 0.469. The lowest BCUT2D eigenvalue weighted by Crippen LogP contribution is -1.83. The summed E-state index contributed by atoms with van der Waals surface area (Å²) in [5, 5.41) is 8.23. The average molecular weight is 354 g/mol. The Morgan fingerprint density at radius 3 is 2.00 bits per heavy atom. The normalized spacial score (nSPS) is 11.0. The minimum atomic E-state index is 0.480. The molecule has 0 aliphatic heterocycles. The molecule has 0 fully saturated rings. The molecule has 0 saturated heterocycles. The van der Waals surface area contributed by atoms with Crippen LogP contribution in [0.25, 0.3) is 34.7 Å². The van der Waals surface area contributed by atoms with Crippen LogP contribution in [0.2, 0.25) is 0 Å². The monoisotopic (exact) mass is 354 g/mol. The van der Waals surface area contributed by atoms with Crippen molar-refractivity contribution in [1.29, 1.82) is 0 Å². The molecule has 1 heterocycles. The van der Waals surface area contributed by atoms with Crippen LogP contribution in [0.5, 0.6) is 5.75 Å². The van der Waals surface area contributed by atoms with Crippen molar-refractivity contribution in [3.05, 3.63) is 90.3 Å². The second kappa shape index (κ2) is 7.70. The number of nitrogens with zero attached hydrogens (tertiary/aromatic N) is 2. The molecule has 0 bridgehead atoms. The van der Waals surface area contributed by atoms with E-state index in [1.807, 2.05) is 91.0 Å². The van der Waals surface area contributed by atoms with Crippen molar-refractivity contribution >= 4 is 12.2 Å².